The first-order valence-corrected chi connectivity index (χ1v) is 22.5. The van der Waals surface area contributed by atoms with Crippen molar-refractivity contribution in [2.75, 3.05) is 5.75 Å². The van der Waals surface area contributed by atoms with Crippen LogP contribution in [0.25, 0.3) is 0 Å². The molecular weight excluding hydrogens is 756 g/mol. The molecule has 1 aliphatic rings. The lowest BCUT2D eigenvalue weighted by Crippen LogP contribution is -2.74. The Morgan fingerprint density at radius 1 is 0.621 bits per heavy atom. The van der Waals surface area contributed by atoms with Crippen LogP contribution in [0.2, 0.25) is 0 Å². The standard InChI is InChI=1S/C50H49N2O4PS/c1-5-40(53)36-58-47-44(51-50(37-24-12-6-13-25-37,38-26-14-7-15-27-38)39-28-16-8-17-29-39)45(54)52(47)46(48(55)56-49(2,3)4)57(41-30-18-9-19-31-41,42-32-20-10-21-33-42)43-34-22-11-23-35-43/h6-35,44,47,51H,5,36H2,1-4H3. The third kappa shape index (κ3) is 7.87. The summed E-state index contributed by atoms with van der Waals surface area (Å²) >= 11 is 1.39. The molecule has 1 saturated heterocycles. The number of amides is 1. The summed E-state index contributed by atoms with van der Waals surface area (Å²) in [7, 11) is 0. The van der Waals surface area contributed by atoms with Gasteiger partial charge >= 0.3 is 5.97 Å². The van der Waals surface area contributed by atoms with Crippen molar-refractivity contribution in [1.29, 1.82) is 0 Å². The van der Waals surface area contributed by atoms with Crippen LogP contribution in [-0.2, 0) is 24.7 Å². The molecule has 0 aromatic heterocycles. The number of likely N-dealkylation sites (tertiary alicyclic amines) is 1. The van der Waals surface area contributed by atoms with Crippen molar-refractivity contribution >= 4 is 57.6 Å². The predicted molar refractivity (Wildman–Crippen MR) is 241 cm³/mol. The van der Waals surface area contributed by atoms with E-state index in [1.165, 1.54) is 11.8 Å². The Morgan fingerprint density at radius 3 is 1.33 bits per heavy atom. The lowest BCUT2D eigenvalue weighted by atomic mass is 9.76. The maximum atomic E-state index is 15.7. The second-order valence-corrected chi connectivity index (χ2v) is 19.7. The molecule has 1 fully saturated rings. The van der Waals surface area contributed by atoms with E-state index in [0.29, 0.717) is 6.42 Å². The highest BCUT2D eigenvalue weighted by Gasteiger charge is 2.57. The van der Waals surface area contributed by atoms with Gasteiger partial charge in [0.05, 0.1) is 11.3 Å². The van der Waals surface area contributed by atoms with Crippen molar-refractivity contribution in [3.8, 4) is 0 Å². The molecule has 6 aromatic rings. The van der Waals surface area contributed by atoms with Crippen molar-refractivity contribution in [3.63, 3.8) is 0 Å². The third-order valence-electron chi connectivity index (χ3n) is 10.4. The van der Waals surface area contributed by atoms with Crippen molar-refractivity contribution in [1.82, 2.24) is 10.2 Å². The van der Waals surface area contributed by atoms with Gasteiger partial charge in [-0.1, -0.05) is 189 Å². The zero-order chi connectivity index (χ0) is 40.8. The van der Waals surface area contributed by atoms with Gasteiger partial charge in [-0.15, -0.1) is 11.8 Å². The van der Waals surface area contributed by atoms with E-state index in [9.17, 15) is 4.79 Å². The lowest BCUT2D eigenvalue weighted by molar-refractivity contribution is -0.151. The second-order valence-electron chi connectivity index (χ2n) is 15.3. The topological polar surface area (TPSA) is 75.7 Å². The van der Waals surface area contributed by atoms with Crippen LogP contribution in [0.15, 0.2) is 182 Å². The van der Waals surface area contributed by atoms with Gasteiger partial charge in [0.25, 0.3) is 0 Å². The molecule has 0 bridgehead atoms. The lowest BCUT2D eigenvalue weighted by Gasteiger charge is -2.52. The van der Waals surface area contributed by atoms with Crippen LogP contribution in [0, 0.1) is 0 Å². The Balaban J connectivity index is 1.54. The average molecular weight is 805 g/mol. The number of β-lactam (4-membered cyclic amide) rings is 1. The Labute approximate surface area is 346 Å². The maximum Gasteiger partial charge on any atom is 0.356 e. The first-order valence-electron chi connectivity index (χ1n) is 19.7. The highest BCUT2D eigenvalue weighted by atomic mass is 32.2. The van der Waals surface area contributed by atoms with Gasteiger partial charge in [0, 0.05) is 13.3 Å². The van der Waals surface area contributed by atoms with Gasteiger partial charge < -0.3 is 4.74 Å². The molecular formula is C50H49N2O4PS. The Hall–Kier alpha value is -5.46. The molecule has 0 aliphatic carbocycles. The van der Waals surface area contributed by atoms with Gasteiger partial charge in [-0.2, -0.15) is 0 Å². The van der Waals surface area contributed by atoms with E-state index in [1.54, 1.807) is 4.90 Å². The summed E-state index contributed by atoms with van der Waals surface area (Å²) in [5, 5.41) is 5.96. The van der Waals surface area contributed by atoms with Crippen molar-refractivity contribution in [2.45, 2.75) is 56.7 Å². The summed E-state index contributed by atoms with van der Waals surface area (Å²) in [6.07, 6.45) is 0.353. The molecule has 2 atom stereocenters. The number of benzene rings is 6. The fourth-order valence-electron chi connectivity index (χ4n) is 7.81. The minimum absolute atomic E-state index is 0.0533. The number of hydrogen-bond donors (Lipinski definition) is 1. The molecule has 1 amide bonds. The number of carbonyl (C=O) groups is 3. The number of nitrogens with one attached hydrogen (secondary N) is 1. The molecule has 6 nitrogen and oxygen atoms in total. The minimum atomic E-state index is -3.19. The van der Waals surface area contributed by atoms with Gasteiger partial charge in [0.1, 0.15) is 28.2 Å². The molecule has 6 aromatic carbocycles. The van der Waals surface area contributed by atoms with Gasteiger partial charge in [-0.05, 0) is 53.4 Å². The van der Waals surface area contributed by atoms with Crippen molar-refractivity contribution < 1.29 is 19.1 Å². The highest BCUT2D eigenvalue weighted by molar-refractivity contribution is 8.01. The Morgan fingerprint density at radius 2 is 0.983 bits per heavy atom. The number of ether oxygens (including phenoxy) is 1. The summed E-state index contributed by atoms with van der Waals surface area (Å²) in [6, 6.07) is 59.6. The first kappa shape index (κ1) is 40.7. The van der Waals surface area contributed by atoms with Gasteiger partial charge in [-0.3, -0.25) is 19.8 Å². The zero-order valence-corrected chi connectivity index (χ0v) is 35.0. The third-order valence-corrected chi connectivity index (χ3v) is 16.0. The van der Waals surface area contributed by atoms with E-state index in [2.05, 4.69) is 41.7 Å². The summed E-state index contributed by atoms with van der Waals surface area (Å²) < 4.78 is 6.38. The van der Waals surface area contributed by atoms with E-state index in [-0.39, 0.29) is 22.9 Å². The average Bonchev–Trinajstić information content (AvgIpc) is 3.26. The van der Waals surface area contributed by atoms with Gasteiger partial charge in [-0.25, -0.2) is 4.79 Å². The molecule has 0 radical (unpaired) electrons. The number of esters is 1. The fraction of sp³-hybridized carbons (Fsp3) is 0.200. The van der Waals surface area contributed by atoms with Crippen molar-refractivity contribution in [2.24, 2.45) is 0 Å². The SMILES string of the molecule is CCC(=O)CSC1C(NC(c2ccccc2)(c2ccccc2)c2ccccc2)C(=O)N1C(C(=O)OC(C)(C)C)=P(c1ccccc1)(c1ccccc1)c1ccccc1. The quantitative estimate of drug-likeness (QED) is 0.0518. The van der Waals surface area contributed by atoms with E-state index in [4.69, 9.17) is 4.74 Å². The fourth-order valence-corrected chi connectivity index (χ4v) is 13.5. The van der Waals surface area contributed by atoms with Crippen molar-refractivity contribution in [3.05, 3.63) is 199 Å². The van der Waals surface area contributed by atoms with Crippen LogP contribution in [-0.4, -0.2) is 50.7 Å². The second kappa shape index (κ2) is 17.6. The van der Waals surface area contributed by atoms with Crippen LogP contribution < -0.4 is 21.2 Å². The summed E-state index contributed by atoms with van der Waals surface area (Å²) in [4.78, 5) is 45.9. The maximum absolute atomic E-state index is 15.7. The molecule has 2 unspecified atom stereocenters. The monoisotopic (exact) mass is 804 g/mol. The normalized spacial score (nSPS) is 15.7. The van der Waals surface area contributed by atoms with Crippen LogP contribution in [0.4, 0.5) is 0 Å². The molecule has 1 N–H and O–H groups in total. The number of thioether (sulfide) groups is 1. The molecule has 1 aliphatic heterocycles. The number of Topliss-reactive ketones (excluding diaryl/α,β-unsaturated/α-hetero) is 1. The molecule has 7 rings (SSSR count). The smallest absolute Gasteiger partial charge is 0.356 e. The summed E-state index contributed by atoms with van der Waals surface area (Å²) in [5.41, 5.74) is 1.26. The Bertz CT molecular complexity index is 2190. The van der Waals surface area contributed by atoms with Crippen LogP contribution in [0.1, 0.15) is 50.8 Å². The van der Waals surface area contributed by atoms with Crippen LogP contribution in [0.5, 0.6) is 0 Å². The Kier molecular flexibility index (Phi) is 12.3. The summed E-state index contributed by atoms with van der Waals surface area (Å²) in [5.74, 6) is -0.635. The molecule has 58 heavy (non-hydrogen) atoms. The molecule has 0 saturated carbocycles. The zero-order valence-electron chi connectivity index (χ0n) is 33.3. The van der Waals surface area contributed by atoms with E-state index in [0.717, 1.165) is 32.6 Å². The summed E-state index contributed by atoms with van der Waals surface area (Å²) in [6.45, 7) is 4.20. The number of carbonyl (C=O) groups excluding carboxylic acids is 3. The first-order chi connectivity index (χ1) is 28.1. The predicted octanol–water partition coefficient (Wildman–Crippen LogP) is 8.28. The minimum Gasteiger partial charge on any atom is -0.455 e. The van der Waals surface area contributed by atoms with E-state index >= 15 is 9.59 Å². The van der Waals surface area contributed by atoms with E-state index in [1.807, 2.05) is 173 Å². The van der Waals surface area contributed by atoms with Crippen LogP contribution in [0.3, 0.4) is 0 Å². The van der Waals surface area contributed by atoms with Crippen LogP contribution >= 0.6 is 18.6 Å². The van der Waals surface area contributed by atoms with Gasteiger partial charge in [0.2, 0.25) is 5.91 Å². The number of rotatable bonds is 14. The molecule has 0 spiro atoms. The number of hydrogen-bond acceptors (Lipinski definition) is 6. The molecule has 8 heteroatoms. The van der Waals surface area contributed by atoms with Gasteiger partial charge in [0.15, 0.2) is 0 Å². The highest BCUT2D eigenvalue weighted by Crippen LogP contribution is 2.50. The largest absolute Gasteiger partial charge is 0.455 e. The molecule has 1 heterocycles. The molecule has 294 valence electrons. The number of ketones is 1. The van der Waals surface area contributed by atoms with E-state index < -0.39 is 35.4 Å². The number of nitrogens with zero attached hydrogens (tertiary/aromatic N) is 1.